The number of hydrogen-bond acceptors (Lipinski definition) is 2. The second-order valence-corrected chi connectivity index (χ2v) is 5.18. The van der Waals surface area contributed by atoms with Gasteiger partial charge in [-0.15, -0.1) is 11.3 Å². The van der Waals surface area contributed by atoms with Gasteiger partial charge in [0.25, 0.3) is 0 Å². The Labute approximate surface area is 118 Å². The van der Waals surface area contributed by atoms with Gasteiger partial charge in [-0.2, -0.15) is 5.26 Å². The number of nitriles is 1. The topological polar surface area (TPSA) is 23.8 Å². The smallest absolute Gasteiger partial charge is 0.134 e. The number of allylic oxidation sites excluding steroid dienone is 1. The van der Waals surface area contributed by atoms with Crippen molar-refractivity contribution in [2.75, 3.05) is 0 Å². The molecule has 0 saturated heterocycles. The molecule has 1 nitrogen and oxygen atoms in total. The molecule has 0 amide bonds. The summed E-state index contributed by atoms with van der Waals surface area (Å²) in [6.07, 6.45) is 0. The highest BCUT2D eigenvalue weighted by Gasteiger charge is 2.16. The molecule has 0 radical (unpaired) electrons. The zero-order valence-corrected chi connectivity index (χ0v) is 11.4. The van der Waals surface area contributed by atoms with E-state index in [2.05, 4.69) is 0 Å². The zero-order valence-electron chi connectivity index (χ0n) is 9.88. The van der Waals surface area contributed by atoms with Crippen molar-refractivity contribution < 1.29 is 8.78 Å². The highest BCUT2D eigenvalue weighted by molar-refractivity contribution is 7.11. The summed E-state index contributed by atoms with van der Waals surface area (Å²) in [6, 6.07) is 7.53. The van der Waals surface area contributed by atoms with E-state index in [-0.39, 0.29) is 21.7 Å². The van der Waals surface area contributed by atoms with E-state index in [4.69, 9.17) is 16.9 Å². The van der Waals surface area contributed by atoms with Crippen molar-refractivity contribution in [1.82, 2.24) is 0 Å². The molecule has 0 fully saturated rings. The summed E-state index contributed by atoms with van der Waals surface area (Å²) in [4.78, 5) is 0.647. The van der Waals surface area contributed by atoms with Crippen LogP contribution in [0.25, 0.3) is 10.6 Å². The van der Waals surface area contributed by atoms with Gasteiger partial charge in [0.15, 0.2) is 0 Å². The average molecular weight is 296 g/mol. The Kier molecular flexibility index (Phi) is 3.98. The highest BCUT2D eigenvalue weighted by Crippen LogP contribution is 2.33. The van der Waals surface area contributed by atoms with Crippen molar-refractivity contribution in [3.63, 3.8) is 0 Å². The third-order valence-electron chi connectivity index (χ3n) is 2.58. The lowest BCUT2D eigenvalue weighted by Gasteiger charge is -2.06. The van der Waals surface area contributed by atoms with E-state index in [0.717, 1.165) is 6.07 Å². The van der Waals surface area contributed by atoms with Crippen LogP contribution < -0.4 is 0 Å². The van der Waals surface area contributed by atoms with Gasteiger partial charge in [0.2, 0.25) is 0 Å². The molecule has 1 aromatic carbocycles. The maximum absolute atomic E-state index is 13.8. The van der Waals surface area contributed by atoms with Gasteiger partial charge in [0.1, 0.15) is 17.7 Å². The van der Waals surface area contributed by atoms with Gasteiger partial charge in [-0.1, -0.05) is 17.7 Å². The molecule has 0 saturated carbocycles. The summed E-state index contributed by atoms with van der Waals surface area (Å²) in [6.45, 7) is 1.51. The van der Waals surface area contributed by atoms with Crippen LogP contribution in [-0.2, 0) is 0 Å². The van der Waals surface area contributed by atoms with Gasteiger partial charge in [0, 0.05) is 16.5 Å². The van der Waals surface area contributed by atoms with Crippen molar-refractivity contribution in [2.24, 2.45) is 0 Å². The Morgan fingerprint density at radius 3 is 2.63 bits per heavy atom. The molecular formula is C14H8ClF2NS. The molecule has 5 heteroatoms. The normalized spacial score (nSPS) is 11.9. The molecule has 0 bridgehead atoms. The number of benzene rings is 1. The molecule has 2 rings (SSSR count). The van der Waals surface area contributed by atoms with Crippen LogP contribution in [0.2, 0.25) is 0 Å². The van der Waals surface area contributed by atoms with Crippen molar-refractivity contribution >= 4 is 33.5 Å². The predicted molar refractivity (Wildman–Crippen MR) is 73.7 cm³/mol. The fraction of sp³-hybridized carbons (Fsp3) is 0.0714. The Morgan fingerprint density at radius 2 is 2.05 bits per heavy atom. The van der Waals surface area contributed by atoms with E-state index in [0.29, 0.717) is 4.88 Å². The molecule has 0 aliphatic heterocycles. The summed E-state index contributed by atoms with van der Waals surface area (Å²) in [5.74, 6) is -1.42. The molecule has 0 spiro atoms. The molecule has 19 heavy (non-hydrogen) atoms. The van der Waals surface area contributed by atoms with Gasteiger partial charge >= 0.3 is 0 Å². The summed E-state index contributed by atoms with van der Waals surface area (Å²) in [7, 11) is 0. The zero-order chi connectivity index (χ0) is 14.0. The summed E-state index contributed by atoms with van der Waals surface area (Å²) in [5.41, 5.74) is 0.491. The average Bonchev–Trinajstić information content (AvgIpc) is 2.88. The minimum Gasteiger partial charge on any atom is -0.207 e. The van der Waals surface area contributed by atoms with Gasteiger partial charge in [-0.3, -0.25) is 0 Å². The third-order valence-corrected chi connectivity index (χ3v) is 3.86. The Bertz CT molecular complexity index is 684. The van der Waals surface area contributed by atoms with Gasteiger partial charge in [0.05, 0.1) is 10.6 Å². The monoisotopic (exact) mass is 295 g/mol. The Morgan fingerprint density at radius 1 is 1.32 bits per heavy atom. The van der Waals surface area contributed by atoms with E-state index in [1.807, 2.05) is 6.07 Å². The molecular weight excluding hydrogens is 288 g/mol. The SMILES string of the molecule is Cc1cc(/C(Cl)=C(/C#N)c2cccs2)c(F)cc1F. The molecule has 0 aliphatic carbocycles. The van der Waals surface area contributed by atoms with Crippen molar-refractivity contribution in [3.05, 3.63) is 57.3 Å². The van der Waals surface area contributed by atoms with Crippen LogP contribution >= 0.6 is 22.9 Å². The van der Waals surface area contributed by atoms with Crippen molar-refractivity contribution in [1.29, 1.82) is 5.26 Å². The van der Waals surface area contributed by atoms with E-state index in [1.165, 1.54) is 24.3 Å². The number of hydrogen-bond donors (Lipinski definition) is 0. The molecule has 1 heterocycles. The number of nitrogens with zero attached hydrogens (tertiary/aromatic N) is 1. The van der Waals surface area contributed by atoms with E-state index in [1.54, 1.807) is 17.5 Å². The minimum atomic E-state index is -0.780. The first kappa shape index (κ1) is 13.7. The highest BCUT2D eigenvalue weighted by atomic mass is 35.5. The maximum Gasteiger partial charge on any atom is 0.134 e. The quantitative estimate of drug-likeness (QED) is 0.718. The maximum atomic E-state index is 13.8. The largest absolute Gasteiger partial charge is 0.207 e. The fourth-order valence-electron chi connectivity index (χ4n) is 1.59. The summed E-state index contributed by atoms with van der Waals surface area (Å²) >= 11 is 7.43. The van der Waals surface area contributed by atoms with Crippen LogP contribution in [0.1, 0.15) is 16.0 Å². The van der Waals surface area contributed by atoms with Gasteiger partial charge in [-0.25, -0.2) is 8.78 Å². The van der Waals surface area contributed by atoms with E-state index in [9.17, 15) is 8.78 Å². The van der Waals surface area contributed by atoms with Crippen molar-refractivity contribution in [2.45, 2.75) is 6.92 Å². The molecule has 96 valence electrons. The lowest BCUT2D eigenvalue weighted by molar-refractivity contribution is 0.575. The number of halogens is 3. The Hall–Kier alpha value is -1.70. The first-order chi connectivity index (χ1) is 9.04. The second-order valence-electron chi connectivity index (χ2n) is 3.86. The molecule has 0 N–H and O–H groups in total. The molecule has 1 aromatic heterocycles. The van der Waals surface area contributed by atoms with Crippen LogP contribution in [0.5, 0.6) is 0 Å². The van der Waals surface area contributed by atoms with Crippen LogP contribution in [0.3, 0.4) is 0 Å². The molecule has 0 unspecified atom stereocenters. The molecule has 2 aromatic rings. The van der Waals surface area contributed by atoms with Crippen LogP contribution in [-0.4, -0.2) is 0 Å². The third kappa shape index (κ3) is 2.67. The first-order valence-corrected chi connectivity index (χ1v) is 6.60. The van der Waals surface area contributed by atoms with Gasteiger partial charge < -0.3 is 0 Å². The standard InChI is InChI=1S/C14H8ClF2NS/c1-8-5-9(12(17)6-11(8)16)14(15)10(7-18)13-3-2-4-19-13/h2-6H,1H3/b14-10+. The van der Waals surface area contributed by atoms with Crippen LogP contribution in [0.15, 0.2) is 29.6 Å². The molecule has 0 atom stereocenters. The number of rotatable bonds is 2. The first-order valence-electron chi connectivity index (χ1n) is 5.34. The van der Waals surface area contributed by atoms with Crippen LogP contribution in [0.4, 0.5) is 8.78 Å². The lowest BCUT2D eigenvalue weighted by atomic mass is 10.1. The summed E-state index contributed by atoms with van der Waals surface area (Å²) < 4.78 is 27.0. The fourth-order valence-corrected chi connectivity index (χ4v) is 2.66. The minimum absolute atomic E-state index is 0.00875. The Balaban J connectivity index is 2.64. The van der Waals surface area contributed by atoms with Crippen molar-refractivity contribution in [3.8, 4) is 6.07 Å². The van der Waals surface area contributed by atoms with E-state index < -0.39 is 11.6 Å². The predicted octanol–water partition coefficient (Wildman–Crippen LogP) is 4.97. The van der Waals surface area contributed by atoms with E-state index >= 15 is 0 Å². The lowest BCUT2D eigenvalue weighted by Crippen LogP contribution is -1.93. The summed E-state index contributed by atoms with van der Waals surface area (Å²) in [5, 5.41) is 10.9. The van der Waals surface area contributed by atoms with Crippen LogP contribution in [0, 0.1) is 29.9 Å². The number of thiophene rings is 1. The second kappa shape index (κ2) is 5.52. The molecule has 0 aliphatic rings. The van der Waals surface area contributed by atoms with Gasteiger partial charge in [-0.05, 0) is 30.0 Å². The number of aryl methyl sites for hydroxylation is 1.